The predicted molar refractivity (Wildman–Crippen MR) is 79.0 cm³/mol. The van der Waals surface area contributed by atoms with Crippen molar-refractivity contribution in [2.24, 2.45) is 0 Å². The number of rotatable bonds is 3. The van der Waals surface area contributed by atoms with Crippen LogP contribution in [0.15, 0.2) is 42.5 Å². The number of nitro benzene ring substituents is 1. The summed E-state index contributed by atoms with van der Waals surface area (Å²) in [4.78, 5) is 10.7. The molecule has 0 aromatic heterocycles. The van der Waals surface area contributed by atoms with Gasteiger partial charge in [-0.2, -0.15) is 0 Å². The molecule has 0 saturated carbocycles. The van der Waals surface area contributed by atoms with Gasteiger partial charge in [-0.05, 0) is 37.0 Å². The summed E-state index contributed by atoms with van der Waals surface area (Å²) in [6.45, 7) is 1.79. The van der Waals surface area contributed by atoms with Gasteiger partial charge in [-0.25, -0.2) is 0 Å². The van der Waals surface area contributed by atoms with Gasteiger partial charge in [0.25, 0.3) is 5.69 Å². The molecule has 0 radical (unpaired) electrons. The van der Waals surface area contributed by atoms with Gasteiger partial charge < -0.3 is 5.32 Å². The monoisotopic (exact) mass is 268 g/mol. The number of benzene rings is 2. The lowest BCUT2D eigenvalue weighted by Gasteiger charge is -2.17. The summed E-state index contributed by atoms with van der Waals surface area (Å²) in [7, 11) is 0. The van der Waals surface area contributed by atoms with Gasteiger partial charge in [0.2, 0.25) is 0 Å². The molecule has 0 saturated heterocycles. The Morgan fingerprint density at radius 1 is 1.20 bits per heavy atom. The molecular formula is C16H16N2O2. The molecule has 1 unspecified atom stereocenters. The molecule has 2 aromatic rings. The number of hydrogen-bond donors (Lipinski definition) is 1. The summed E-state index contributed by atoms with van der Waals surface area (Å²) in [5.74, 6) is 0. The number of aryl methyl sites for hydroxylation is 1. The molecule has 0 aliphatic heterocycles. The number of nitrogens with zero attached hydrogens (tertiary/aromatic N) is 1. The molecule has 3 rings (SSSR count). The highest BCUT2D eigenvalue weighted by molar-refractivity contribution is 5.61. The minimum Gasteiger partial charge on any atom is -0.378 e. The minimum atomic E-state index is -0.330. The van der Waals surface area contributed by atoms with Crippen molar-refractivity contribution in [2.45, 2.75) is 25.8 Å². The molecular weight excluding hydrogens is 252 g/mol. The van der Waals surface area contributed by atoms with Crippen molar-refractivity contribution in [3.63, 3.8) is 0 Å². The Balaban J connectivity index is 1.90. The van der Waals surface area contributed by atoms with Gasteiger partial charge in [0.05, 0.1) is 11.0 Å². The SMILES string of the molecule is Cc1c(NC2CCc3ccccc32)cccc1[N+](=O)[O-]. The quantitative estimate of drug-likeness (QED) is 0.676. The fourth-order valence-corrected chi connectivity index (χ4v) is 2.87. The van der Waals surface area contributed by atoms with Crippen molar-refractivity contribution in [1.29, 1.82) is 0 Å². The highest BCUT2D eigenvalue weighted by Crippen LogP contribution is 2.35. The Labute approximate surface area is 117 Å². The predicted octanol–water partition coefficient (Wildman–Crippen LogP) is 4.00. The van der Waals surface area contributed by atoms with Crippen LogP contribution in [0, 0.1) is 17.0 Å². The van der Waals surface area contributed by atoms with Gasteiger partial charge in [-0.1, -0.05) is 30.3 Å². The average Bonchev–Trinajstić information content (AvgIpc) is 2.84. The van der Waals surface area contributed by atoms with Gasteiger partial charge in [0, 0.05) is 17.3 Å². The van der Waals surface area contributed by atoms with Crippen molar-refractivity contribution in [1.82, 2.24) is 0 Å². The third-order valence-corrected chi connectivity index (χ3v) is 3.96. The summed E-state index contributed by atoms with van der Waals surface area (Å²) < 4.78 is 0. The average molecular weight is 268 g/mol. The maximum Gasteiger partial charge on any atom is 0.274 e. The van der Waals surface area contributed by atoms with E-state index in [4.69, 9.17) is 0 Å². The summed E-state index contributed by atoms with van der Waals surface area (Å²) in [6, 6.07) is 13.8. The first-order valence-corrected chi connectivity index (χ1v) is 6.75. The Bertz CT molecular complexity index is 667. The molecule has 1 N–H and O–H groups in total. The van der Waals surface area contributed by atoms with E-state index in [1.807, 2.05) is 12.1 Å². The zero-order valence-corrected chi connectivity index (χ0v) is 11.3. The number of fused-ring (bicyclic) bond motifs is 1. The molecule has 0 amide bonds. The lowest BCUT2D eigenvalue weighted by Crippen LogP contribution is -2.08. The summed E-state index contributed by atoms with van der Waals surface area (Å²) >= 11 is 0. The lowest BCUT2D eigenvalue weighted by molar-refractivity contribution is -0.385. The van der Waals surface area contributed by atoms with Crippen LogP contribution in [0.5, 0.6) is 0 Å². The zero-order valence-electron chi connectivity index (χ0n) is 11.3. The van der Waals surface area contributed by atoms with Gasteiger partial charge >= 0.3 is 0 Å². The van der Waals surface area contributed by atoms with Crippen LogP contribution in [0.2, 0.25) is 0 Å². The third-order valence-electron chi connectivity index (χ3n) is 3.96. The first-order chi connectivity index (χ1) is 9.66. The molecule has 1 atom stereocenters. The van der Waals surface area contributed by atoms with Crippen LogP contribution in [0.4, 0.5) is 11.4 Å². The standard InChI is InChI=1S/C16H16N2O2/c1-11-14(7-4-8-16(11)18(19)20)17-15-10-9-12-5-2-3-6-13(12)15/h2-8,15,17H,9-10H2,1H3. The molecule has 4 heteroatoms. The van der Waals surface area contributed by atoms with E-state index in [0.29, 0.717) is 5.56 Å². The number of hydrogen-bond acceptors (Lipinski definition) is 3. The molecule has 4 nitrogen and oxygen atoms in total. The van der Waals surface area contributed by atoms with Crippen LogP contribution in [-0.4, -0.2) is 4.92 Å². The summed E-state index contributed by atoms with van der Waals surface area (Å²) in [5.41, 5.74) is 4.38. The smallest absolute Gasteiger partial charge is 0.274 e. The minimum absolute atomic E-state index is 0.168. The largest absolute Gasteiger partial charge is 0.378 e. The molecule has 102 valence electrons. The molecule has 0 bridgehead atoms. The van der Waals surface area contributed by atoms with E-state index >= 15 is 0 Å². The fraction of sp³-hybridized carbons (Fsp3) is 0.250. The molecule has 0 heterocycles. The van der Waals surface area contributed by atoms with E-state index in [1.54, 1.807) is 19.1 Å². The van der Waals surface area contributed by atoms with Crippen molar-refractivity contribution < 1.29 is 4.92 Å². The van der Waals surface area contributed by atoms with Crippen LogP contribution < -0.4 is 5.32 Å². The van der Waals surface area contributed by atoms with Crippen molar-refractivity contribution in [3.8, 4) is 0 Å². The first-order valence-electron chi connectivity index (χ1n) is 6.75. The van der Waals surface area contributed by atoms with E-state index < -0.39 is 0 Å². The first kappa shape index (κ1) is 12.7. The summed E-state index contributed by atoms with van der Waals surface area (Å²) in [5, 5.41) is 14.4. The number of anilines is 1. The molecule has 1 aliphatic rings. The Hall–Kier alpha value is -2.36. The molecule has 1 aliphatic carbocycles. The van der Waals surface area contributed by atoms with E-state index in [0.717, 1.165) is 18.5 Å². The Kier molecular flexibility index (Phi) is 3.14. The van der Waals surface area contributed by atoms with E-state index in [-0.39, 0.29) is 16.7 Å². The van der Waals surface area contributed by atoms with Crippen LogP contribution in [0.25, 0.3) is 0 Å². The van der Waals surface area contributed by atoms with Gasteiger partial charge in [-0.3, -0.25) is 10.1 Å². The van der Waals surface area contributed by atoms with Gasteiger partial charge in [0.1, 0.15) is 0 Å². The van der Waals surface area contributed by atoms with Gasteiger partial charge in [0.15, 0.2) is 0 Å². The number of nitro groups is 1. The highest BCUT2D eigenvalue weighted by Gasteiger charge is 2.23. The fourth-order valence-electron chi connectivity index (χ4n) is 2.87. The van der Waals surface area contributed by atoms with Crippen LogP contribution >= 0.6 is 0 Å². The lowest BCUT2D eigenvalue weighted by atomic mass is 10.1. The summed E-state index contributed by atoms with van der Waals surface area (Å²) in [6.07, 6.45) is 2.09. The normalized spacial score (nSPS) is 16.8. The van der Waals surface area contributed by atoms with E-state index in [9.17, 15) is 10.1 Å². The van der Waals surface area contributed by atoms with E-state index in [2.05, 4.69) is 23.5 Å². The highest BCUT2D eigenvalue weighted by atomic mass is 16.6. The molecule has 2 aromatic carbocycles. The maximum absolute atomic E-state index is 11.0. The molecule has 0 fully saturated rings. The second-order valence-electron chi connectivity index (χ2n) is 5.14. The van der Waals surface area contributed by atoms with Crippen molar-refractivity contribution >= 4 is 11.4 Å². The van der Waals surface area contributed by atoms with Crippen LogP contribution in [0.1, 0.15) is 29.2 Å². The third kappa shape index (κ3) is 2.13. The maximum atomic E-state index is 11.0. The van der Waals surface area contributed by atoms with Crippen LogP contribution in [-0.2, 0) is 6.42 Å². The van der Waals surface area contributed by atoms with E-state index in [1.165, 1.54) is 11.1 Å². The molecule has 0 spiro atoms. The second-order valence-corrected chi connectivity index (χ2v) is 5.14. The van der Waals surface area contributed by atoms with Crippen molar-refractivity contribution in [3.05, 3.63) is 69.3 Å². The Morgan fingerprint density at radius 3 is 2.80 bits per heavy atom. The zero-order chi connectivity index (χ0) is 14.1. The van der Waals surface area contributed by atoms with Crippen LogP contribution in [0.3, 0.4) is 0 Å². The van der Waals surface area contributed by atoms with Gasteiger partial charge in [-0.15, -0.1) is 0 Å². The topological polar surface area (TPSA) is 55.2 Å². The second kappa shape index (κ2) is 4.96. The van der Waals surface area contributed by atoms with Crippen molar-refractivity contribution in [2.75, 3.05) is 5.32 Å². The Morgan fingerprint density at radius 2 is 2.00 bits per heavy atom. The molecule has 20 heavy (non-hydrogen) atoms. The number of nitrogens with one attached hydrogen (secondary N) is 1.